The van der Waals surface area contributed by atoms with Gasteiger partial charge in [-0.1, -0.05) is 5.16 Å². The number of aryl methyl sites for hydroxylation is 2. The maximum Gasteiger partial charge on any atom is 0.270 e. The van der Waals surface area contributed by atoms with Crippen LogP contribution in [0.25, 0.3) is 0 Å². The second-order valence-electron chi connectivity index (χ2n) is 4.53. The summed E-state index contributed by atoms with van der Waals surface area (Å²) in [6.07, 6.45) is 0. The molecule has 1 aromatic heterocycles. The standard InChI is InChI=1S/C13H14IN3O3/c1-7(13-8(2)16-20-9(13)3)15-12-5-4-10(17(18)19)6-11(12)14/h4-7,15H,1-3H3. The number of nitrogens with zero attached hydrogens (tertiary/aromatic N) is 2. The first-order valence-electron chi connectivity index (χ1n) is 6.03. The Morgan fingerprint density at radius 1 is 1.45 bits per heavy atom. The van der Waals surface area contributed by atoms with E-state index in [-0.39, 0.29) is 11.7 Å². The van der Waals surface area contributed by atoms with Gasteiger partial charge >= 0.3 is 0 Å². The molecule has 0 aliphatic heterocycles. The number of benzene rings is 1. The molecule has 0 amide bonds. The van der Waals surface area contributed by atoms with Crippen molar-refractivity contribution in [3.8, 4) is 0 Å². The van der Waals surface area contributed by atoms with Gasteiger partial charge in [-0.3, -0.25) is 10.1 Å². The van der Waals surface area contributed by atoms with Crippen molar-refractivity contribution in [1.29, 1.82) is 0 Å². The molecule has 106 valence electrons. The average Bonchev–Trinajstić information content (AvgIpc) is 2.71. The third-order valence-corrected chi connectivity index (χ3v) is 3.95. The van der Waals surface area contributed by atoms with Gasteiger partial charge in [-0.05, 0) is 49.4 Å². The Bertz CT molecular complexity index is 635. The normalized spacial score (nSPS) is 12.2. The van der Waals surface area contributed by atoms with Crippen LogP contribution in [0.2, 0.25) is 0 Å². The first-order chi connectivity index (χ1) is 9.40. The van der Waals surface area contributed by atoms with Crippen molar-refractivity contribution < 1.29 is 9.45 Å². The summed E-state index contributed by atoms with van der Waals surface area (Å²) in [4.78, 5) is 10.3. The van der Waals surface area contributed by atoms with Crippen molar-refractivity contribution in [3.63, 3.8) is 0 Å². The van der Waals surface area contributed by atoms with Crippen LogP contribution in [0.4, 0.5) is 11.4 Å². The zero-order valence-corrected chi connectivity index (χ0v) is 13.5. The highest BCUT2D eigenvalue weighted by Gasteiger charge is 2.17. The van der Waals surface area contributed by atoms with E-state index in [1.165, 1.54) is 6.07 Å². The predicted molar refractivity (Wildman–Crippen MR) is 83.8 cm³/mol. The van der Waals surface area contributed by atoms with E-state index in [1.54, 1.807) is 12.1 Å². The van der Waals surface area contributed by atoms with E-state index < -0.39 is 4.92 Å². The van der Waals surface area contributed by atoms with E-state index in [1.807, 2.05) is 20.8 Å². The van der Waals surface area contributed by atoms with E-state index in [0.717, 1.165) is 26.3 Å². The van der Waals surface area contributed by atoms with Crippen molar-refractivity contribution >= 4 is 34.0 Å². The molecule has 1 N–H and O–H groups in total. The molecule has 0 aliphatic carbocycles. The van der Waals surface area contributed by atoms with Crippen molar-refractivity contribution in [2.24, 2.45) is 0 Å². The lowest BCUT2D eigenvalue weighted by molar-refractivity contribution is -0.384. The van der Waals surface area contributed by atoms with E-state index in [0.29, 0.717) is 0 Å². The minimum Gasteiger partial charge on any atom is -0.377 e. The molecule has 1 aromatic carbocycles. The van der Waals surface area contributed by atoms with Crippen molar-refractivity contribution in [2.45, 2.75) is 26.8 Å². The van der Waals surface area contributed by atoms with Crippen LogP contribution in [0, 0.1) is 27.5 Å². The molecule has 1 unspecified atom stereocenters. The molecule has 0 saturated carbocycles. The number of anilines is 1. The largest absolute Gasteiger partial charge is 0.377 e. The van der Waals surface area contributed by atoms with Crippen LogP contribution in [-0.2, 0) is 0 Å². The quantitative estimate of drug-likeness (QED) is 0.488. The average molecular weight is 387 g/mol. The summed E-state index contributed by atoms with van der Waals surface area (Å²) < 4.78 is 5.96. The molecule has 20 heavy (non-hydrogen) atoms. The molecule has 0 fully saturated rings. The molecular weight excluding hydrogens is 373 g/mol. The topological polar surface area (TPSA) is 81.2 Å². The first-order valence-corrected chi connectivity index (χ1v) is 7.11. The maximum atomic E-state index is 10.7. The van der Waals surface area contributed by atoms with Gasteiger partial charge < -0.3 is 9.84 Å². The lowest BCUT2D eigenvalue weighted by atomic mass is 10.1. The summed E-state index contributed by atoms with van der Waals surface area (Å²) in [5.41, 5.74) is 2.80. The predicted octanol–water partition coefficient (Wildman–Crippen LogP) is 3.98. The second-order valence-corrected chi connectivity index (χ2v) is 5.69. The summed E-state index contributed by atoms with van der Waals surface area (Å²) in [6.45, 7) is 5.77. The van der Waals surface area contributed by atoms with Crippen LogP contribution >= 0.6 is 22.6 Å². The van der Waals surface area contributed by atoms with E-state index in [2.05, 4.69) is 33.1 Å². The molecule has 0 radical (unpaired) electrons. The fourth-order valence-corrected chi connectivity index (χ4v) is 2.80. The number of aromatic nitrogens is 1. The van der Waals surface area contributed by atoms with Crippen molar-refractivity contribution in [2.75, 3.05) is 5.32 Å². The number of nitro benzene ring substituents is 1. The Labute approximate surface area is 129 Å². The van der Waals surface area contributed by atoms with Gasteiger partial charge in [0.2, 0.25) is 0 Å². The Hall–Kier alpha value is -1.64. The van der Waals surface area contributed by atoms with Gasteiger partial charge in [0.05, 0.1) is 16.7 Å². The molecule has 6 nitrogen and oxygen atoms in total. The van der Waals surface area contributed by atoms with Gasteiger partial charge in [-0.25, -0.2) is 0 Å². The molecule has 0 bridgehead atoms. The number of halogens is 1. The van der Waals surface area contributed by atoms with Crippen LogP contribution in [0.1, 0.15) is 30.0 Å². The summed E-state index contributed by atoms with van der Waals surface area (Å²) >= 11 is 2.08. The molecule has 0 saturated heterocycles. The lowest BCUT2D eigenvalue weighted by Gasteiger charge is -2.16. The molecule has 1 atom stereocenters. The summed E-state index contributed by atoms with van der Waals surface area (Å²) in [7, 11) is 0. The summed E-state index contributed by atoms with van der Waals surface area (Å²) in [5, 5.41) is 18.0. The van der Waals surface area contributed by atoms with Crippen LogP contribution < -0.4 is 5.32 Å². The highest BCUT2D eigenvalue weighted by Crippen LogP contribution is 2.29. The molecule has 0 spiro atoms. The Morgan fingerprint density at radius 3 is 2.65 bits per heavy atom. The van der Waals surface area contributed by atoms with Crippen LogP contribution in [-0.4, -0.2) is 10.1 Å². The van der Waals surface area contributed by atoms with Gasteiger partial charge in [-0.2, -0.15) is 0 Å². The minimum atomic E-state index is -0.399. The van der Waals surface area contributed by atoms with E-state index in [4.69, 9.17) is 4.52 Å². The Balaban J connectivity index is 2.24. The van der Waals surface area contributed by atoms with Crippen LogP contribution in [0.5, 0.6) is 0 Å². The zero-order valence-electron chi connectivity index (χ0n) is 11.3. The fraction of sp³-hybridized carbons (Fsp3) is 0.308. The molecule has 2 rings (SSSR count). The monoisotopic (exact) mass is 387 g/mol. The van der Waals surface area contributed by atoms with Crippen LogP contribution in [0.3, 0.4) is 0 Å². The molecular formula is C13H14IN3O3. The first kappa shape index (κ1) is 14.8. The highest BCUT2D eigenvalue weighted by molar-refractivity contribution is 14.1. The number of rotatable bonds is 4. The van der Waals surface area contributed by atoms with E-state index in [9.17, 15) is 10.1 Å². The smallest absolute Gasteiger partial charge is 0.270 e. The highest BCUT2D eigenvalue weighted by atomic mass is 127. The maximum absolute atomic E-state index is 10.7. The van der Waals surface area contributed by atoms with Gasteiger partial charge in [-0.15, -0.1) is 0 Å². The number of hydrogen-bond acceptors (Lipinski definition) is 5. The summed E-state index contributed by atoms with van der Waals surface area (Å²) in [6, 6.07) is 4.76. The number of hydrogen-bond donors (Lipinski definition) is 1. The van der Waals surface area contributed by atoms with E-state index >= 15 is 0 Å². The number of nitro groups is 1. The Morgan fingerprint density at radius 2 is 2.15 bits per heavy atom. The van der Waals surface area contributed by atoms with Gasteiger partial charge in [0, 0.05) is 27.0 Å². The third-order valence-electron chi connectivity index (χ3n) is 3.06. The molecule has 7 heteroatoms. The second kappa shape index (κ2) is 5.78. The SMILES string of the molecule is Cc1noc(C)c1C(C)Nc1ccc([N+](=O)[O-])cc1I. The number of non-ortho nitro benzene ring substituents is 1. The summed E-state index contributed by atoms with van der Waals surface area (Å²) in [5.74, 6) is 0.777. The number of nitrogens with one attached hydrogen (secondary N) is 1. The molecule has 2 aromatic rings. The molecule has 1 heterocycles. The minimum absolute atomic E-state index is 0.0104. The van der Waals surface area contributed by atoms with Crippen molar-refractivity contribution in [3.05, 3.63) is 48.9 Å². The molecule has 0 aliphatic rings. The fourth-order valence-electron chi connectivity index (χ4n) is 2.15. The van der Waals surface area contributed by atoms with Gasteiger partial charge in [0.1, 0.15) is 5.76 Å². The van der Waals surface area contributed by atoms with Gasteiger partial charge in [0.25, 0.3) is 5.69 Å². The Kier molecular flexibility index (Phi) is 4.26. The van der Waals surface area contributed by atoms with Crippen LogP contribution in [0.15, 0.2) is 22.7 Å². The zero-order chi connectivity index (χ0) is 14.9. The van der Waals surface area contributed by atoms with Gasteiger partial charge in [0.15, 0.2) is 0 Å². The third kappa shape index (κ3) is 2.92. The lowest BCUT2D eigenvalue weighted by Crippen LogP contribution is -2.09. The van der Waals surface area contributed by atoms with Crippen molar-refractivity contribution in [1.82, 2.24) is 5.16 Å².